The van der Waals surface area contributed by atoms with Gasteiger partial charge < -0.3 is 5.73 Å². The molecule has 6 nitrogen and oxygen atoms in total. The van der Waals surface area contributed by atoms with Crippen molar-refractivity contribution in [1.29, 1.82) is 0 Å². The van der Waals surface area contributed by atoms with E-state index in [4.69, 9.17) is 5.73 Å². The molecule has 0 saturated carbocycles. The maximum Gasteiger partial charge on any atom is 0.270 e. The highest BCUT2D eigenvalue weighted by Gasteiger charge is 2.24. The molecule has 0 atom stereocenters. The Morgan fingerprint density at radius 3 is 2.61 bits per heavy atom. The first-order chi connectivity index (χ1) is 8.24. The van der Waals surface area contributed by atoms with Crippen LogP contribution in [-0.4, -0.2) is 16.4 Å². The Morgan fingerprint density at radius 1 is 1.56 bits per heavy atom. The van der Waals surface area contributed by atoms with Crippen LogP contribution in [0.15, 0.2) is 22.7 Å². The number of halogens is 1. The molecule has 0 aromatic heterocycles. The van der Waals surface area contributed by atoms with E-state index in [2.05, 4.69) is 21.2 Å². The molecule has 0 saturated heterocycles. The Bertz CT molecular complexity index is 488. The van der Waals surface area contributed by atoms with E-state index in [-0.39, 0.29) is 5.69 Å². The molecule has 1 rings (SSSR count). The number of nitro groups is 1. The first-order valence-electron chi connectivity index (χ1n) is 5.22. The van der Waals surface area contributed by atoms with Gasteiger partial charge in [0.15, 0.2) is 0 Å². The highest BCUT2D eigenvalue weighted by molar-refractivity contribution is 9.10. The smallest absolute Gasteiger partial charge is 0.270 e. The lowest BCUT2D eigenvalue weighted by molar-refractivity contribution is -0.384. The van der Waals surface area contributed by atoms with Crippen LogP contribution in [0.5, 0.6) is 0 Å². The standard InChI is InChI=1S/C11H14BrN3O3/c1-11(2,10(13)16)14-6-7-3-4-8(15(17)18)5-9(7)12/h3-5,14H,6H2,1-2H3,(H2,13,16). The van der Waals surface area contributed by atoms with Gasteiger partial charge in [0.2, 0.25) is 5.91 Å². The van der Waals surface area contributed by atoms with Crippen LogP contribution in [-0.2, 0) is 11.3 Å². The van der Waals surface area contributed by atoms with Gasteiger partial charge >= 0.3 is 0 Å². The van der Waals surface area contributed by atoms with E-state index >= 15 is 0 Å². The van der Waals surface area contributed by atoms with Crippen molar-refractivity contribution in [3.63, 3.8) is 0 Å². The molecule has 0 fully saturated rings. The molecule has 98 valence electrons. The van der Waals surface area contributed by atoms with Crippen LogP contribution >= 0.6 is 15.9 Å². The minimum Gasteiger partial charge on any atom is -0.368 e. The predicted octanol–water partition coefficient (Wildman–Crippen LogP) is 1.71. The summed E-state index contributed by atoms with van der Waals surface area (Å²) < 4.78 is 0.615. The van der Waals surface area contributed by atoms with Crippen molar-refractivity contribution >= 4 is 27.5 Å². The third-order valence-corrected chi connectivity index (χ3v) is 3.32. The first kappa shape index (κ1) is 14.6. The van der Waals surface area contributed by atoms with Gasteiger partial charge in [-0.2, -0.15) is 0 Å². The number of non-ortho nitro benzene ring substituents is 1. The highest BCUT2D eigenvalue weighted by Crippen LogP contribution is 2.23. The Kier molecular flexibility index (Phi) is 4.42. The molecular weight excluding hydrogens is 302 g/mol. The summed E-state index contributed by atoms with van der Waals surface area (Å²) in [5.41, 5.74) is 5.23. The van der Waals surface area contributed by atoms with Gasteiger partial charge in [-0.25, -0.2) is 0 Å². The third-order valence-electron chi connectivity index (χ3n) is 2.58. The van der Waals surface area contributed by atoms with Gasteiger partial charge in [0.1, 0.15) is 0 Å². The zero-order valence-corrected chi connectivity index (χ0v) is 11.7. The van der Waals surface area contributed by atoms with E-state index in [9.17, 15) is 14.9 Å². The summed E-state index contributed by atoms with van der Waals surface area (Å²) in [6, 6.07) is 4.47. The lowest BCUT2D eigenvalue weighted by Crippen LogP contribution is -2.50. The van der Waals surface area contributed by atoms with Crippen molar-refractivity contribution in [3.8, 4) is 0 Å². The molecule has 0 radical (unpaired) electrons. The Balaban J connectivity index is 2.81. The summed E-state index contributed by atoms with van der Waals surface area (Å²) >= 11 is 3.26. The fourth-order valence-electron chi connectivity index (χ4n) is 1.20. The summed E-state index contributed by atoms with van der Waals surface area (Å²) in [5, 5.41) is 13.6. The van der Waals surface area contributed by atoms with E-state index in [0.717, 1.165) is 5.56 Å². The number of nitro benzene ring substituents is 1. The number of nitrogens with two attached hydrogens (primary N) is 1. The molecule has 0 heterocycles. The number of benzene rings is 1. The van der Waals surface area contributed by atoms with Gasteiger partial charge in [-0.3, -0.25) is 20.2 Å². The summed E-state index contributed by atoms with van der Waals surface area (Å²) in [7, 11) is 0. The molecule has 0 bridgehead atoms. The van der Waals surface area contributed by atoms with Crippen LogP contribution in [0.2, 0.25) is 0 Å². The summed E-state index contributed by atoms with van der Waals surface area (Å²) in [6.45, 7) is 3.73. The monoisotopic (exact) mass is 315 g/mol. The third kappa shape index (κ3) is 3.51. The van der Waals surface area contributed by atoms with Crippen LogP contribution < -0.4 is 11.1 Å². The molecule has 1 aromatic carbocycles. The van der Waals surface area contributed by atoms with E-state index in [1.165, 1.54) is 12.1 Å². The average molecular weight is 316 g/mol. The fourth-order valence-corrected chi connectivity index (χ4v) is 1.70. The number of nitrogens with one attached hydrogen (secondary N) is 1. The summed E-state index contributed by atoms with van der Waals surface area (Å²) in [5.74, 6) is -0.458. The van der Waals surface area contributed by atoms with E-state index in [1.807, 2.05) is 0 Å². The molecule has 0 spiro atoms. The van der Waals surface area contributed by atoms with Gasteiger partial charge in [0.05, 0.1) is 10.5 Å². The lowest BCUT2D eigenvalue weighted by Gasteiger charge is -2.22. The van der Waals surface area contributed by atoms with Crippen molar-refractivity contribution in [2.45, 2.75) is 25.9 Å². The maximum absolute atomic E-state index is 11.1. The van der Waals surface area contributed by atoms with Crippen molar-refractivity contribution in [3.05, 3.63) is 38.3 Å². The predicted molar refractivity (Wildman–Crippen MR) is 70.9 cm³/mol. The number of amides is 1. The number of hydrogen-bond donors (Lipinski definition) is 2. The van der Waals surface area contributed by atoms with Gasteiger partial charge in [0.25, 0.3) is 5.69 Å². The SMILES string of the molecule is CC(C)(NCc1ccc([N+](=O)[O-])cc1Br)C(N)=O. The molecule has 0 aliphatic carbocycles. The summed E-state index contributed by atoms with van der Waals surface area (Å²) in [4.78, 5) is 21.2. The van der Waals surface area contributed by atoms with Crippen LogP contribution in [0, 0.1) is 10.1 Å². The number of carbonyl (C=O) groups is 1. The largest absolute Gasteiger partial charge is 0.368 e. The fraction of sp³-hybridized carbons (Fsp3) is 0.364. The van der Waals surface area contributed by atoms with Gasteiger partial charge in [0, 0.05) is 23.2 Å². The molecule has 0 aliphatic rings. The van der Waals surface area contributed by atoms with Crippen molar-refractivity contribution in [1.82, 2.24) is 5.32 Å². The van der Waals surface area contributed by atoms with Crippen LogP contribution in [0.25, 0.3) is 0 Å². The topological polar surface area (TPSA) is 98.3 Å². The van der Waals surface area contributed by atoms with E-state index in [0.29, 0.717) is 11.0 Å². The second-order valence-corrected chi connectivity index (χ2v) is 5.23. The average Bonchev–Trinajstić information content (AvgIpc) is 2.26. The number of carbonyl (C=O) groups excluding carboxylic acids is 1. The van der Waals surface area contributed by atoms with Crippen LogP contribution in [0.1, 0.15) is 19.4 Å². The van der Waals surface area contributed by atoms with Crippen LogP contribution in [0.4, 0.5) is 5.69 Å². The van der Waals surface area contributed by atoms with Gasteiger partial charge in [-0.15, -0.1) is 0 Å². The molecule has 7 heteroatoms. The molecule has 0 unspecified atom stereocenters. The Hall–Kier alpha value is -1.47. The Morgan fingerprint density at radius 2 is 2.17 bits per heavy atom. The molecule has 18 heavy (non-hydrogen) atoms. The van der Waals surface area contributed by atoms with Gasteiger partial charge in [-0.05, 0) is 25.5 Å². The highest BCUT2D eigenvalue weighted by atomic mass is 79.9. The zero-order chi connectivity index (χ0) is 13.9. The van der Waals surface area contributed by atoms with Crippen LogP contribution in [0.3, 0.4) is 0 Å². The second-order valence-electron chi connectivity index (χ2n) is 4.38. The second kappa shape index (κ2) is 5.45. The Labute approximate surface area is 113 Å². The maximum atomic E-state index is 11.1. The number of nitrogens with zero attached hydrogens (tertiary/aromatic N) is 1. The lowest BCUT2D eigenvalue weighted by atomic mass is 10.0. The number of hydrogen-bond acceptors (Lipinski definition) is 4. The van der Waals surface area contributed by atoms with Crippen molar-refractivity contribution in [2.24, 2.45) is 5.73 Å². The molecule has 1 aromatic rings. The van der Waals surface area contributed by atoms with E-state index < -0.39 is 16.4 Å². The molecule has 3 N–H and O–H groups in total. The molecular formula is C11H14BrN3O3. The minimum absolute atomic E-state index is 0.0137. The van der Waals surface area contributed by atoms with Gasteiger partial charge in [-0.1, -0.05) is 15.9 Å². The normalized spacial score (nSPS) is 11.3. The number of primary amides is 1. The van der Waals surface area contributed by atoms with Crippen molar-refractivity contribution < 1.29 is 9.72 Å². The molecule has 0 aliphatic heterocycles. The quantitative estimate of drug-likeness (QED) is 0.638. The summed E-state index contributed by atoms with van der Waals surface area (Å²) in [6.07, 6.45) is 0. The number of rotatable bonds is 5. The van der Waals surface area contributed by atoms with E-state index in [1.54, 1.807) is 19.9 Å². The first-order valence-corrected chi connectivity index (χ1v) is 6.01. The minimum atomic E-state index is -0.832. The van der Waals surface area contributed by atoms with Crippen molar-refractivity contribution in [2.75, 3.05) is 0 Å². The molecule has 1 amide bonds. The zero-order valence-electron chi connectivity index (χ0n) is 10.1.